The molecule has 1 amide bonds. The third-order valence-electron chi connectivity index (χ3n) is 4.21. The van der Waals surface area contributed by atoms with Crippen LogP contribution in [-0.2, 0) is 11.2 Å². The number of para-hydroxylation sites is 1. The Morgan fingerprint density at radius 1 is 0.931 bits per heavy atom. The second-order valence-electron chi connectivity index (χ2n) is 6.19. The van der Waals surface area contributed by atoms with Gasteiger partial charge in [0.05, 0.1) is 12.2 Å². The summed E-state index contributed by atoms with van der Waals surface area (Å²) in [6.07, 6.45) is 0.895. The molecule has 1 heterocycles. The highest BCUT2D eigenvalue weighted by molar-refractivity contribution is 6.03. The van der Waals surface area contributed by atoms with E-state index in [1.54, 1.807) is 43.3 Å². The molecule has 29 heavy (non-hydrogen) atoms. The number of amides is 1. The molecule has 2 aromatic carbocycles. The number of aromatic nitrogens is 2. The molecule has 0 aliphatic heterocycles. The second-order valence-corrected chi connectivity index (χ2v) is 6.19. The lowest BCUT2D eigenvalue weighted by Crippen LogP contribution is -2.15. The first-order chi connectivity index (χ1) is 14.1. The van der Waals surface area contributed by atoms with Crippen LogP contribution in [0.1, 0.15) is 40.3 Å². The Labute approximate surface area is 169 Å². The standard InChI is InChI=1S/C22H22N4O3/c1-3-15-7-5-6-8-18(15)24-20-14-13-19(25-26-20)21(27)23-17-11-9-16(10-12-17)22(28)29-4-2/h5-14H,3-4H2,1-2H3,(H,23,27)(H,24,26). The quantitative estimate of drug-likeness (QED) is 0.587. The van der Waals surface area contributed by atoms with Gasteiger partial charge in [0.1, 0.15) is 0 Å². The number of benzene rings is 2. The van der Waals surface area contributed by atoms with Gasteiger partial charge in [0.25, 0.3) is 5.91 Å². The van der Waals surface area contributed by atoms with Crippen LogP contribution in [0.25, 0.3) is 0 Å². The van der Waals surface area contributed by atoms with Crippen molar-refractivity contribution in [2.24, 2.45) is 0 Å². The largest absolute Gasteiger partial charge is 0.462 e. The summed E-state index contributed by atoms with van der Waals surface area (Å²) in [6, 6.07) is 17.7. The summed E-state index contributed by atoms with van der Waals surface area (Å²) in [4.78, 5) is 24.0. The zero-order valence-corrected chi connectivity index (χ0v) is 16.3. The van der Waals surface area contributed by atoms with Crippen molar-refractivity contribution >= 4 is 29.1 Å². The van der Waals surface area contributed by atoms with E-state index in [-0.39, 0.29) is 11.6 Å². The molecule has 0 aliphatic rings. The summed E-state index contributed by atoms with van der Waals surface area (Å²) in [7, 11) is 0. The van der Waals surface area contributed by atoms with E-state index in [9.17, 15) is 9.59 Å². The van der Waals surface area contributed by atoms with Crippen LogP contribution in [0.4, 0.5) is 17.2 Å². The van der Waals surface area contributed by atoms with Gasteiger partial charge in [0.15, 0.2) is 11.5 Å². The molecule has 0 atom stereocenters. The van der Waals surface area contributed by atoms with Crippen molar-refractivity contribution < 1.29 is 14.3 Å². The maximum atomic E-state index is 12.4. The highest BCUT2D eigenvalue weighted by Gasteiger charge is 2.11. The highest BCUT2D eigenvalue weighted by Crippen LogP contribution is 2.19. The van der Waals surface area contributed by atoms with Crippen LogP contribution < -0.4 is 10.6 Å². The average Bonchev–Trinajstić information content (AvgIpc) is 2.75. The number of nitrogens with zero attached hydrogens (tertiary/aromatic N) is 2. The van der Waals surface area contributed by atoms with Crippen molar-refractivity contribution in [2.75, 3.05) is 17.2 Å². The first-order valence-electron chi connectivity index (χ1n) is 9.38. The summed E-state index contributed by atoms with van der Waals surface area (Å²) in [5, 5.41) is 14.0. The van der Waals surface area contributed by atoms with Crippen LogP contribution in [0, 0.1) is 0 Å². The summed E-state index contributed by atoms with van der Waals surface area (Å²) >= 11 is 0. The first-order valence-corrected chi connectivity index (χ1v) is 9.38. The van der Waals surface area contributed by atoms with E-state index in [1.165, 1.54) is 5.56 Å². The summed E-state index contributed by atoms with van der Waals surface area (Å²) in [5.41, 5.74) is 3.29. The van der Waals surface area contributed by atoms with Crippen molar-refractivity contribution in [1.29, 1.82) is 0 Å². The number of rotatable bonds is 7. The second kappa shape index (κ2) is 9.45. The predicted octanol–water partition coefficient (Wildman–Crippen LogP) is 4.21. The van der Waals surface area contributed by atoms with Crippen molar-refractivity contribution in [3.8, 4) is 0 Å². The molecule has 3 aromatic rings. The third kappa shape index (κ3) is 5.16. The topological polar surface area (TPSA) is 93.2 Å². The van der Waals surface area contributed by atoms with E-state index in [1.807, 2.05) is 24.3 Å². The normalized spacial score (nSPS) is 10.3. The lowest BCUT2D eigenvalue weighted by molar-refractivity contribution is 0.0526. The number of carbonyl (C=O) groups excluding carboxylic acids is 2. The molecule has 0 radical (unpaired) electrons. The number of aryl methyl sites for hydroxylation is 1. The van der Waals surface area contributed by atoms with Crippen LogP contribution in [0.2, 0.25) is 0 Å². The van der Waals surface area contributed by atoms with Gasteiger partial charge in [0.2, 0.25) is 0 Å². The van der Waals surface area contributed by atoms with Crippen molar-refractivity contribution in [3.63, 3.8) is 0 Å². The van der Waals surface area contributed by atoms with E-state index in [0.717, 1.165) is 12.1 Å². The molecule has 148 valence electrons. The number of nitrogens with one attached hydrogen (secondary N) is 2. The van der Waals surface area contributed by atoms with Gasteiger partial charge in [-0.3, -0.25) is 4.79 Å². The van der Waals surface area contributed by atoms with Gasteiger partial charge >= 0.3 is 5.97 Å². The van der Waals surface area contributed by atoms with Gasteiger partial charge < -0.3 is 15.4 Å². The fourth-order valence-corrected chi connectivity index (χ4v) is 2.71. The Kier molecular flexibility index (Phi) is 6.52. The van der Waals surface area contributed by atoms with Crippen LogP contribution in [0.5, 0.6) is 0 Å². The molecular weight excluding hydrogens is 368 g/mol. The number of anilines is 3. The Bertz CT molecular complexity index is 986. The Morgan fingerprint density at radius 2 is 1.69 bits per heavy atom. The molecular formula is C22H22N4O3. The molecule has 1 aromatic heterocycles. The Balaban J connectivity index is 1.64. The summed E-state index contributed by atoms with van der Waals surface area (Å²) < 4.78 is 4.94. The number of carbonyl (C=O) groups is 2. The molecule has 0 fully saturated rings. The zero-order chi connectivity index (χ0) is 20.6. The van der Waals surface area contributed by atoms with Crippen molar-refractivity contribution in [3.05, 3.63) is 77.5 Å². The molecule has 7 nitrogen and oxygen atoms in total. The summed E-state index contributed by atoms with van der Waals surface area (Å²) in [5.74, 6) is -0.230. The Morgan fingerprint density at radius 3 is 2.34 bits per heavy atom. The average molecular weight is 390 g/mol. The predicted molar refractivity (Wildman–Crippen MR) is 111 cm³/mol. The van der Waals surface area contributed by atoms with E-state index in [0.29, 0.717) is 23.7 Å². The number of ether oxygens (including phenoxy) is 1. The van der Waals surface area contributed by atoms with E-state index >= 15 is 0 Å². The summed E-state index contributed by atoms with van der Waals surface area (Å²) in [6.45, 7) is 4.14. The van der Waals surface area contributed by atoms with Gasteiger partial charge in [-0.2, -0.15) is 0 Å². The van der Waals surface area contributed by atoms with E-state index in [2.05, 4.69) is 27.8 Å². The van der Waals surface area contributed by atoms with Crippen LogP contribution in [0.15, 0.2) is 60.7 Å². The molecule has 0 saturated heterocycles. The molecule has 0 aliphatic carbocycles. The fraction of sp³-hybridized carbons (Fsp3) is 0.182. The van der Waals surface area contributed by atoms with Gasteiger partial charge in [-0.25, -0.2) is 4.79 Å². The lowest BCUT2D eigenvalue weighted by atomic mass is 10.1. The Hall–Kier alpha value is -3.74. The van der Waals surface area contributed by atoms with Crippen LogP contribution >= 0.6 is 0 Å². The molecule has 2 N–H and O–H groups in total. The maximum Gasteiger partial charge on any atom is 0.338 e. The highest BCUT2D eigenvalue weighted by atomic mass is 16.5. The van der Waals surface area contributed by atoms with Gasteiger partial charge in [-0.1, -0.05) is 25.1 Å². The number of hydrogen-bond donors (Lipinski definition) is 2. The minimum absolute atomic E-state index is 0.189. The van der Waals surface area contributed by atoms with Crippen LogP contribution in [-0.4, -0.2) is 28.7 Å². The number of esters is 1. The monoisotopic (exact) mass is 390 g/mol. The van der Waals surface area contributed by atoms with E-state index in [4.69, 9.17) is 4.74 Å². The smallest absolute Gasteiger partial charge is 0.338 e. The minimum Gasteiger partial charge on any atom is -0.462 e. The van der Waals surface area contributed by atoms with Crippen LogP contribution in [0.3, 0.4) is 0 Å². The van der Waals surface area contributed by atoms with Gasteiger partial charge in [-0.15, -0.1) is 10.2 Å². The van der Waals surface area contributed by atoms with Crippen molar-refractivity contribution in [1.82, 2.24) is 10.2 Å². The van der Waals surface area contributed by atoms with E-state index < -0.39 is 5.97 Å². The SMILES string of the molecule is CCOC(=O)c1ccc(NC(=O)c2ccc(Nc3ccccc3CC)nn2)cc1. The molecule has 7 heteroatoms. The molecule has 3 rings (SSSR count). The maximum absolute atomic E-state index is 12.4. The fourth-order valence-electron chi connectivity index (χ4n) is 2.71. The minimum atomic E-state index is -0.399. The first kappa shape index (κ1) is 20.0. The molecule has 0 saturated carbocycles. The third-order valence-corrected chi connectivity index (χ3v) is 4.21. The molecule has 0 unspecified atom stereocenters. The molecule has 0 bridgehead atoms. The number of hydrogen-bond acceptors (Lipinski definition) is 6. The molecule has 0 spiro atoms. The van der Waals surface area contributed by atoms with Crippen molar-refractivity contribution in [2.45, 2.75) is 20.3 Å². The van der Waals surface area contributed by atoms with Gasteiger partial charge in [0, 0.05) is 11.4 Å². The zero-order valence-electron chi connectivity index (χ0n) is 16.3. The van der Waals surface area contributed by atoms with Gasteiger partial charge in [-0.05, 0) is 61.4 Å². The lowest BCUT2D eigenvalue weighted by Gasteiger charge is -2.10.